The van der Waals surface area contributed by atoms with Gasteiger partial charge in [0.2, 0.25) is 5.90 Å². The normalized spacial score (nSPS) is 14.6. The van der Waals surface area contributed by atoms with E-state index in [1.807, 2.05) is 0 Å². The van der Waals surface area contributed by atoms with Crippen molar-refractivity contribution in [1.29, 1.82) is 0 Å². The van der Waals surface area contributed by atoms with E-state index in [1.165, 1.54) is 12.1 Å². The Kier molecular flexibility index (Phi) is 5.84. The van der Waals surface area contributed by atoms with Gasteiger partial charge in [-0.25, -0.2) is 14.2 Å². The lowest BCUT2D eigenvalue weighted by atomic mass is 10.2. The molecule has 0 atom stereocenters. The molecule has 0 amide bonds. The number of ether oxygens (including phenoxy) is 2. The van der Waals surface area contributed by atoms with Crippen LogP contribution in [0, 0.1) is 5.82 Å². The quantitative estimate of drug-likeness (QED) is 0.357. The smallest absolute Gasteiger partial charge is 0.363 e. The van der Waals surface area contributed by atoms with Crippen LogP contribution in [0.4, 0.5) is 4.39 Å². The van der Waals surface area contributed by atoms with Gasteiger partial charge in [-0.2, -0.15) is 0 Å². The van der Waals surface area contributed by atoms with Crippen molar-refractivity contribution in [3.8, 4) is 5.75 Å². The van der Waals surface area contributed by atoms with Crippen molar-refractivity contribution in [3.63, 3.8) is 0 Å². The third-order valence-electron chi connectivity index (χ3n) is 4.32. The zero-order valence-corrected chi connectivity index (χ0v) is 17.0. The van der Waals surface area contributed by atoms with Crippen LogP contribution in [0.3, 0.4) is 0 Å². The number of nitrogens with zero attached hydrogens (tertiary/aromatic N) is 1. The topological polar surface area (TPSA) is 47.9 Å². The molecule has 1 aliphatic rings. The first kappa shape index (κ1) is 20.1. The van der Waals surface area contributed by atoms with Gasteiger partial charge in [-0.1, -0.05) is 53.5 Å². The van der Waals surface area contributed by atoms with Gasteiger partial charge in [-0.15, -0.1) is 0 Å². The molecule has 0 radical (unpaired) electrons. The highest BCUT2D eigenvalue weighted by Gasteiger charge is 2.25. The molecular formula is C23H14Cl2FNO3. The van der Waals surface area contributed by atoms with Crippen molar-refractivity contribution in [1.82, 2.24) is 0 Å². The number of aliphatic imine (C=N–C) groups is 1. The van der Waals surface area contributed by atoms with Gasteiger partial charge >= 0.3 is 5.97 Å². The monoisotopic (exact) mass is 441 g/mol. The summed E-state index contributed by atoms with van der Waals surface area (Å²) in [5.41, 5.74) is 1.77. The molecule has 7 heteroatoms. The summed E-state index contributed by atoms with van der Waals surface area (Å²) in [6, 6.07) is 18.3. The average Bonchev–Trinajstić information content (AvgIpc) is 3.09. The summed E-state index contributed by atoms with van der Waals surface area (Å²) in [5.74, 6) is -0.560. The van der Waals surface area contributed by atoms with E-state index in [2.05, 4.69) is 4.99 Å². The third-order valence-corrected chi connectivity index (χ3v) is 4.90. The number of carbonyl (C=O) groups is 1. The van der Waals surface area contributed by atoms with Crippen molar-refractivity contribution in [2.24, 2.45) is 4.99 Å². The molecule has 30 heavy (non-hydrogen) atoms. The Labute approximate surface area is 182 Å². The summed E-state index contributed by atoms with van der Waals surface area (Å²) in [4.78, 5) is 16.2. The second-order valence-corrected chi connectivity index (χ2v) is 7.25. The Hall–Kier alpha value is -3.15. The molecule has 0 spiro atoms. The Balaban J connectivity index is 1.47. The standard InChI is InChI=1S/C23H14Cl2FNO3/c24-16-8-7-15(19(25)12-16)13-29-17-9-5-14(6-10-17)11-21-23(28)30-22(27-21)18-3-1-2-4-20(18)26/h1-12H,13H2/b21-11-. The highest BCUT2D eigenvalue weighted by molar-refractivity contribution is 6.35. The minimum Gasteiger partial charge on any atom is -0.489 e. The molecule has 0 saturated heterocycles. The molecular weight excluding hydrogens is 428 g/mol. The molecule has 1 aliphatic heterocycles. The molecule has 3 aromatic carbocycles. The van der Waals surface area contributed by atoms with E-state index in [1.54, 1.807) is 60.7 Å². The van der Waals surface area contributed by atoms with E-state index < -0.39 is 11.8 Å². The van der Waals surface area contributed by atoms with E-state index in [0.717, 1.165) is 11.1 Å². The molecule has 150 valence electrons. The summed E-state index contributed by atoms with van der Waals surface area (Å²) in [6.45, 7) is 0.291. The van der Waals surface area contributed by atoms with Crippen LogP contribution in [0.25, 0.3) is 6.08 Å². The van der Waals surface area contributed by atoms with E-state index in [-0.39, 0.29) is 17.2 Å². The van der Waals surface area contributed by atoms with Gasteiger partial charge in [-0.3, -0.25) is 0 Å². The van der Waals surface area contributed by atoms with Crippen molar-refractivity contribution in [3.05, 3.63) is 105 Å². The summed E-state index contributed by atoms with van der Waals surface area (Å²) < 4.78 is 24.7. The second kappa shape index (κ2) is 8.69. The Morgan fingerprint density at radius 1 is 1.03 bits per heavy atom. The van der Waals surface area contributed by atoms with Gasteiger partial charge in [0.1, 0.15) is 18.2 Å². The Morgan fingerprint density at radius 2 is 1.80 bits per heavy atom. The second-order valence-electron chi connectivity index (χ2n) is 6.41. The lowest BCUT2D eigenvalue weighted by Gasteiger charge is -2.08. The maximum absolute atomic E-state index is 13.9. The van der Waals surface area contributed by atoms with Gasteiger partial charge in [-0.05, 0) is 48.0 Å². The molecule has 0 fully saturated rings. The van der Waals surface area contributed by atoms with Crippen LogP contribution in [-0.2, 0) is 16.1 Å². The molecule has 3 aromatic rings. The molecule has 4 nitrogen and oxygen atoms in total. The number of hydrogen-bond acceptors (Lipinski definition) is 4. The van der Waals surface area contributed by atoms with E-state index in [4.69, 9.17) is 32.7 Å². The number of halogens is 3. The number of cyclic esters (lactones) is 1. The first-order valence-electron chi connectivity index (χ1n) is 8.94. The summed E-state index contributed by atoms with van der Waals surface area (Å²) in [6.07, 6.45) is 1.57. The van der Waals surface area contributed by atoms with Crippen LogP contribution in [0.5, 0.6) is 5.75 Å². The predicted octanol–water partition coefficient (Wildman–Crippen LogP) is 6.06. The maximum atomic E-state index is 13.9. The molecule has 0 N–H and O–H groups in total. The first-order chi connectivity index (χ1) is 14.5. The lowest BCUT2D eigenvalue weighted by molar-refractivity contribution is -0.129. The number of hydrogen-bond donors (Lipinski definition) is 0. The highest BCUT2D eigenvalue weighted by Crippen LogP contribution is 2.24. The maximum Gasteiger partial charge on any atom is 0.363 e. The number of benzene rings is 3. The molecule has 0 saturated carbocycles. The molecule has 0 aromatic heterocycles. The summed E-state index contributed by atoms with van der Waals surface area (Å²) in [7, 11) is 0. The molecule has 4 rings (SSSR count). The van der Waals surface area contributed by atoms with E-state index in [0.29, 0.717) is 22.4 Å². The van der Waals surface area contributed by atoms with Crippen molar-refractivity contribution < 1.29 is 18.7 Å². The number of carbonyl (C=O) groups excluding carboxylic acids is 1. The fourth-order valence-electron chi connectivity index (χ4n) is 2.78. The van der Waals surface area contributed by atoms with Crippen LogP contribution < -0.4 is 4.74 Å². The summed E-state index contributed by atoms with van der Waals surface area (Å²) >= 11 is 12.0. The van der Waals surface area contributed by atoms with Crippen LogP contribution >= 0.6 is 23.2 Å². The SMILES string of the molecule is O=C1OC(c2ccccc2F)=N/C1=C\c1ccc(OCc2ccc(Cl)cc2Cl)cc1. The van der Waals surface area contributed by atoms with Crippen molar-refractivity contribution in [2.75, 3.05) is 0 Å². The minimum absolute atomic E-state index is 0.0517. The van der Waals surface area contributed by atoms with Gasteiger partial charge in [0, 0.05) is 15.6 Å². The number of esters is 1. The molecule has 0 bridgehead atoms. The third kappa shape index (κ3) is 4.53. The van der Waals surface area contributed by atoms with E-state index >= 15 is 0 Å². The zero-order chi connectivity index (χ0) is 21.1. The molecule has 0 unspecified atom stereocenters. The first-order valence-corrected chi connectivity index (χ1v) is 9.69. The molecule has 0 aliphatic carbocycles. The molecule has 1 heterocycles. The van der Waals surface area contributed by atoms with Crippen molar-refractivity contribution >= 4 is 41.1 Å². The van der Waals surface area contributed by atoms with Crippen LogP contribution in [0.1, 0.15) is 16.7 Å². The predicted molar refractivity (Wildman–Crippen MR) is 114 cm³/mol. The average molecular weight is 442 g/mol. The van der Waals surface area contributed by atoms with Gasteiger partial charge in [0.25, 0.3) is 0 Å². The van der Waals surface area contributed by atoms with Gasteiger partial charge in [0.15, 0.2) is 5.70 Å². The number of rotatable bonds is 5. The fraction of sp³-hybridized carbons (Fsp3) is 0.0435. The Bertz CT molecular complexity index is 1170. The van der Waals surface area contributed by atoms with Gasteiger partial charge < -0.3 is 9.47 Å². The fourth-order valence-corrected chi connectivity index (χ4v) is 3.24. The highest BCUT2D eigenvalue weighted by atomic mass is 35.5. The van der Waals surface area contributed by atoms with Crippen LogP contribution in [-0.4, -0.2) is 11.9 Å². The van der Waals surface area contributed by atoms with Crippen LogP contribution in [0.2, 0.25) is 10.0 Å². The largest absolute Gasteiger partial charge is 0.489 e. The van der Waals surface area contributed by atoms with Gasteiger partial charge in [0.05, 0.1) is 5.56 Å². The van der Waals surface area contributed by atoms with E-state index in [9.17, 15) is 9.18 Å². The summed E-state index contributed by atoms with van der Waals surface area (Å²) in [5, 5.41) is 1.10. The van der Waals surface area contributed by atoms with Crippen LogP contribution in [0.15, 0.2) is 77.4 Å². The Morgan fingerprint density at radius 3 is 2.53 bits per heavy atom. The minimum atomic E-state index is -0.633. The lowest BCUT2D eigenvalue weighted by Crippen LogP contribution is -2.07. The zero-order valence-electron chi connectivity index (χ0n) is 15.4. The van der Waals surface area contributed by atoms with Crippen molar-refractivity contribution in [2.45, 2.75) is 6.61 Å².